The molecule has 0 radical (unpaired) electrons. The molecule has 2 aliphatic rings. The predicted octanol–water partition coefficient (Wildman–Crippen LogP) is 2.59. The maximum atomic E-state index is 13.0. The summed E-state index contributed by atoms with van der Waals surface area (Å²) in [6.07, 6.45) is 5.88. The summed E-state index contributed by atoms with van der Waals surface area (Å²) in [4.78, 5) is 2.51. The molecule has 1 aromatic carbocycles. The van der Waals surface area contributed by atoms with Crippen LogP contribution in [-0.4, -0.2) is 43.3 Å². The Morgan fingerprint density at radius 3 is 2.77 bits per heavy atom. The van der Waals surface area contributed by atoms with Crippen molar-refractivity contribution >= 4 is 0 Å². The molecule has 0 bridgehead atoms. The lowest BCUT2D eigenvalue weighted by Crippen LogP contribution is -2.49. The SMILES string of the molecule is NC1CCCO[C@H]1CN1CCCC(Cc2ccc(F)cc2)C1. The van der Waals surface area contributed by atoms with Crippen LogP contribution in [0.1, 0.15) is 31.2 Å². The summed E-state index contributed by atoms with van der Waals surface area (Å²) in [5.74, 6) is 0.497. The van der Waals surface area contributed by atoms with Crippen molar-refractivity contribution in [3.05, 3.63) is 35.6 Å². The predicted molar refractivity (Wildman–Crippen MR) is 86.2 cm³/mol. The van der Waals surface area contributed by atoms with Gasteiger partial charge in [0.1, 0.15) is 5.82 Å². The van der Waals surface area contributed by atoms with Gasteiger partial charge < -0.3 is 15.4 Å². The second-order valence-electron chi connectivity index (χ2n) is 6.81. The van der Waals surface area contributed by atoms with Crippen LogP contribution in [0.4, 0.5) is 4.39 Å². The van der Waals surface area contributed by atoms with Gasteiger partial charge in [-0.25, -0.2) is 4.39 Å². The first-order chi connectivity index (χ1) is 10.7. The largest absolute Gasteiger partial charge is 0.375 e. The summed E-state index contributed by atoms with van der Waals surface area (Å²) in [6.45, 7) is 4.06. The van der Waals surface area contributed by atoms with Crippen molar-refractivity contribution in [3.63, 3.8) is 0 Å². The van der Waals surface area contributed by atoms with Gasteiger partial charge in [-0.05, 0) is 62.3 Å². The number of likely N-dealkylation sites (tertiary alicyclic amines) is 1. The fourth-order valence-electron chi connectivity index (χ4n) is 3.74. The summed E-state index contributed by atoms with van der Waals surface area (Å²) in [6, 6.07) is 7.13. The molecule has 0 spiro atoms. The number of halogens is 1. The van der Waals surface area contributed by atoms with Crippen LogP contribution in [0.15, 0.2) is 24.3 Å². The third kappa shape index (κ3) is 4.28. The molecule has 22 heavy (non-hydrogen) atoms. The highest BCUT2D eigenvalue weighted by atomic mass is 19.1. The standard InChI is InChI=1S/C18H27FN2O/c19-16-7-5-14(6-8-16)11-15-3-1-9-21(12-15)13-18-17(20)4-2-10-22-18/h5-8,15,17-18H,1-4,9-13,20H2/t15?,17?,18-/m0/s1. The van der Waals surface area contributed by atoms with E-state index in [1.807, 2.05) is 12.1 Å². The van der Waals surface area contributed by atoms with E-state index in [0.29, 0.717) is 5.92 Å². The fourth-order valence-corrected chi connectivity index (χ4v) is 3.74. The van der Waals surface area contributed by atoms with Crippen molar-refractivity contribution < 1.29 is 9.13 Å². The first-order valence-corrected chi connectivity index (χ1v) is 8.54. The van der Waals surface area contributed by atoms with Crippen LogP contribution in [0.25, 0.3) is 0 Å². The van der Waals surface area contributed by atoms with Crippen molar-refractivity contribution in [2.45, 2.75) is 44.2 Å². The summed E-state index contributed by atoms with van der Waals surface area (Å²) in [5, 5.41) is 0. The molecule has 2 N–H and O–H groups in total. The number of hydrogen-bond donors (Lipinski definition) is 1. The van der Waals surface area contributed by atoms with Gasteiger partial charge >= 0.3 is 0 Å². The van der Waals surface area contributed by atoms with Gasteiger partial charge in [0, 0.05) is 25.7 Å². The third-order valence-electron chi connectivity index (χ3n) is 4.97. The summed E-state index contributed by atoms with van der Waals surface area (Å²) >= 11 is 0. The minimum absolute atomic E-state index is 0.155. The maximum Gasteiger partial charge on any atom is 0.123 e. The first-order valence-electron chi connectivity index (χ1n) is 8.54. The number of nitrogens with two attached hydrogens (primary N) is 1. The maximum absolute atomic E-state index is 13.0. The number of ether oxygens (including phenoxy) is 1. The van der Waals surface area contributed by atoms with E-state index in [4.69, 9.17) is 10.5 Å². The van der Waals surface area contributed by atoms with E-state index in [0.717, 1.165) is 45.5 Å². The molecular weight excluding hydrogens is 279 g/mol. The highest BCUT2D eigenvalue weighted by Crippen LogP contribution is 2.23. The van der Waals surface area contributed by atoms with Crippen LogP contribution in [0.5, 0.6) is 0 Å². The van der Waals surface area contributed by atoms with Gasteiger partial charge in [0.15, 0.2) is 0 Å². The van der Waals surface area contributed by atoms with Crippen molar-refractivity contribution in [2.75, 3.05) is 26.2 Å². The Kier molecular flexibility index (Phi) is 5.45. The molecule has 2 heterocycles. The van der Waals surface area contributed by atoms with Gasteiger partial charge in [0.05, 0.1) is 6.10 Å². The molecule has 0 amide bonds. The smallest absolute Gasteiger partial charge is 0.123 e. The highest BCUT2D eigenvalue weighted by molar-refractivity contribution is 5.16. The van der Waals surface area contributed by atoms with E-state index < -0.39 is 0 Å². The van der Waals surface area contributed by atoms with E-state index in [9.17, 15) is 4.39 Å². The van der Waals surface area contributed by atoms with Crippen LogP contribution in [0, 0.1) is 11.7 Å². The van der Waals surface area contributed by atoms with Crippen LogP contribution in [-0.2, 0) is 11.2 Å². The van der Waals surface area contributed by atoms with Crippen molar-refractivity contribution in [2.24, 2.45) is 11.7 Å². The Morgan fingerprint density at radius 1 is 1.18 bits per heavy atom. The molecule has 2 fully saturated rings. The molecule has 2 unspecified atom stereocenters. The van der Waals surface area contributed by atoms with Gasteiger partial charge in [0.25, 0.3) is 0 Å². The number of hydrogen-bond acceptors (Lipinski definition) is 3. The number of benzene rings is 1. The Bertz CT molecular complexity index is 465. The molecule has 0 saturated carbocycles. The number of nitrogens with zero attached hydrogens (tertiary/aromatic N) is 1. The van der Waals surface area contributed by atoms with E-state index in [1.54, 1.807) is 12.1 Å². The van der Waals surface area contributed by atoms with Crippen molar-refractivity contribution in [1.82, 2.24) is 4.90 Å². The molecule has 0 aromatic heterocycles. The molecule has 0 aliphatic carbocycles. The molecule has 4 heteroatoms. The summed E-state index contributed by atoms with van der Waals surface area (Å²) in [5.41, 5.74) is 7.42. The van der Waals surface area contributed by atoms with Gasteiger partial charge in [0.2, 0.25) is 0 Å². The van der Waals surface area contributed by atoms with Crippen molar-refractivity contribution in [3.8, 4) is 0 Å². The normalized spacial score (nSPS) is 30.4. The zero-order valence-corrected chi connectivity index (χ0v) is 13.2. The molecule has 3 atom stereocenters. The van der Waals surface area contributed by atoms with Crippen LogP contribution < -0.4 is 5.73 Å². The molecule has 122 valence electrons. The monoisotopic (exact) mass is 306 g/mol. The Morgan fingerprint density at radius 2 is 2.00 bits per heavy atom. The zero-order chi connectivity index (χ0) is 15.4. The Hall–Kier alpha value is -0.970. The molecule has 1 aromatic rings. The number of rotatable bonds is 4. The third-order valence-corrected chi connectivity index (χ3v) is 4.97. The van der Waals surface area contributed by atoms with Crippen molar-refractivity contribution in [1.29, 1.82) is 0 Å². The fraction of sp³-hybridized carbons (Fsp3) is 0.667. The summed E-state index contributed by atoms with van der Waals surface area (Å²) in [7, 11) is 0. The lowest BCUT2D eigenvalue weighted by Gasteiger charge is -2.38. The van der Waals surface area contributed by atoms with E-state index in [-0.39, 0.29) is 18.0 Å². The lowest BCUT2D eigenvalue weighted by atomic mass is 9.90. The summed E-state index contributed by atoms with van der Waals surface area (Å²) < 4.78 is 18.8. The van der Waals surface area contributed by atoms with E-state index in [2.05, 4.69) is 4.90 Å². The molecule has 3 rings (SSSR count). The lowest BCUT2D eigenvalue weighted by molar-refractivity contribution is -0.0248. The molecule has 3 nitrogen and oxygen atoms in total. The first kappa shape index (κ1) is 15.9. The van der Waals surface area contributed by atoms with Gasteiger partial charge in [-0.2, -0.15) is 0 Å². The van der Waals surface area contributed by atoms with Crippen LogP contribution >= 0.6 is 0 Å². The highest BCUT2D eigenvalue weighted by Gasteiger charge is 2.27. The second-order valence-corrected chi connectivity index (χ2v) is 6.81. The Labute approximate surface area is 132 Å². The van der Waals surface area contributed by atoms with E-state index >= 15 is 0 Å². The molecule has 2 saturated heterocycles. The van der Waals surface area contributed by atoms with Crippen LogP contribution in [0.3, 0.4) is 0 Å². The molecule has 2 aliphatic heterocycles. The molecular formula is C18H27FN2O. The average molecular weight is 306 g/mol. The van der Waals surface area contributed by atoms with Gasteiger partial charge in [-0.3, -0.25) is 0 Å². The van der Waals surface area contributed by atoms with Crippen LogP contribution in [0.2, 0.25) is 0 Å². The average Bonchev–Trinajstić information content (AvgIpc) is 2.52. The van der Waals surface area contributed by atoms with Gasteiger partial charge in [-0.15, -0.1) is 0 Å². The minimum Gasteiger partial charge on any atom is -0.375 e. The minimum atomic E-state index is -0.155. The topological polar surface area (TPSA) is 38.5 Å². The van der Waals surface area contributed by atoms with E-state index in [1.165, 1.54) is 18.4 Å². The Balaban J connectivity index is 1.51. The van der Waals surface area contributed by atoms with Gasteiger partial charge in [-0.1, -0.05) is 12.1 Å². The zero-order valence-electron chi connectivity index (χ0n) is 13.2. The quantitative estimate of drug-likeness (QED) is 0.929. The number of piperidine rings is 1. The second kappa shape index (κ2) is 7.53.